The van der Waals surface area contributed by atoms with Crippen LogP contribution >= 0.6 is 0 Å². The van der Waals surface area contributed by atoms with Gasteiger partial charge in [0, 0.05) is 0 Å². The number of aromatic hydroxyl groups is 1. The van der Waals surface area contributed by atoms with Crippen LogP contribution in [0.3, 0.4) is 0 Å². The Morgan fingerprint density at radius 2 is 1.70 bits per heavy atom. The van der Waals surface area contributed by atoms with E-state index < -0.39 is 22.0 Å². The molecule has 27 heavy (non-hydrogen) atoms. The Labute approximate surface area is 157 Å². The largest absolute Gasteiger partial charge is 0.508 e. The van der Waals surface area contributed by atoms with Crippen molar-refractivity contribution in [3.05, 3.63) is 72.3 Å². The summed E-state index contributed by atoms with van der Waals surface area (Å²) in [6.45, 7) is 0. The SMILES string of the molecule is COC(=O)[C@H](Cc1ccc(O)cc1)NS(=O)(=O)c1ccc2ccccc2c1. The Hall–Kier alpha value is -2.90. The van der Waals surface area contributed by atoms with Gasteiger partial charge in [-0.05, 0) is 47.0 Å². The van der Waals surface area contributed by atoms with Gasteiger partial charge in [-0.3, -0.25) is 4.79 Å². The van der Waals surface area contributed by atoms with E-state index in [1.54, 1.807) is 24.3 Å². The number of methoxy groups -OCH3 is 1. The van der Waals surface area contributed by atoms with Crippen LogP contribution in [0, 0.1) is 0 Å². The minimum Gasteiger partial charge on any atom is -0.508 e. The summed E-state index contributed by atoms with van der Waals surface area (Å²) in [7, 11) is -2.73. The van der Waals surface area contributed by atoms with Crippen LogP contribution in [-0.4, -0.2) is 32.6 Å². The molecule has 3 aromatic carbocycles. The molecule has 3 rings (SSSR count). The number of fused-ring (bicyclic) bond motifs is 1. The molecule has 3 aromatic rings. The van der Waals surface area contributed by atoms with Gasteiger partial charge < -0.3 is 9.84 Å². The number of carbonyl (C=O) groups is 1. The fourth-order valence-electron chi connectivity index (χ4n) is 2.77. The average Bonchev–Trinajstić information content (AvgIpc) is 2.68. The van der Waals surface area contributed by atoms with Crippen molar-refractivity contribution in [1.82, 2.24) is 4.72 Å². The lowest BCUT2D eigenvalue weighted by molar-refractivity contribution is -0.142. The molecule has 0 fully saturated rings. The van der Waals surface area contributed by atoms with E-state index in [0.29, 0.717) is 5.56 Å². The van der Waals surface area contributed by atoms with Crippen LogP contribution in [0.5, 0.6) is 5.75 Å². The second kappa shape index (κ2) is 7.77. The van der Waals surface area contributed by atoms with Crippen molar-refractivity contribution in [2.24, 2.45) is 0 Å². The first kappa shape index (κ1) is 18.9. The standard InChI is InChI=1S/C20H19NO5S/c1-26-20(23)19(12-14-6-9-17(22)10-7-14)21-27(24,25)18-11-8-15-4-2-3-5-16(15)13-18/h2-11,13,19,21-22H,12H2,1H3/t19-/m0/s1. The van der Waals surface area contributed by atoms with Crippen molar-refractivity contribution in [3.63, 3.8) is 0 Å². The second-order valence-corrected chi connectivity index (χ2v) is 7.79. The number of phenols is 1. The number of carbonyl (C=O) groups excluding carboxylic acids is 1. The zero-order chi connectivity index (χ0) is 19.4. The van der Waals surface area contributed by atoms with Crippen molar-refractivity contribution in [2.45, 2.75) is 17.4 Å². The molecular formula is C20H19NO5S. The number of phenolic OH excluding ortho intramolecular Hbond substituents is 1. The zero-order valence-electron chi connectivity index (χ0n) is 14.6. The normalized spacial score (nSPS) is 12.6. The second-order valence-electron chi connectivity index (χ2n) is 6.08. The molecule has 0 amide bonds. The molecule has 1 atom stereocenters. The van der Waals surface area contributed by atoms with E-state index in [1.807, 2.05) is 24.3 Å². The summed E-state index contributed by atoms with van der Waals surface area (Å²) < 4.78 is 32.8. The van der Waals surface area contributed by atoms with Crippen molar-refractivity contribution >= 4 is 26.8 Å². The van der Waals surface area contributed by atoms with Gasteiger partial charge >= 0.3 is 5.97 Å². The van der Waals surface area contributed by atoms with Crippen LogP contribution in [0.2, 0.25) is 0 Å². The molecular weight excluding hydrogens is 366 g/mol. The lowest BCUT2D eigenvalue weighted by Gasteiger charge is -2.17. The minimum absolute atomic E-state index is 0.0702. The molecule has 0 unspecified atom stereocenters. The molecule has 0 aromatic heterocycles. The highest BCUT2D eigenvalue weighted by Crippen LogP contribution is 2.20. The van der Waals surface area contributed by atoms with E-state index in [2.05, 4.69) is 4.72 Å². The summed E-state index contributed by atoms with van der Waals surface area (Å²) in [5, 5.41) is 11.1. The Bertz CT molecular complexity index is 1060. The Balaban J connectivity index is 1.88. The van der Waals surface area contributed by atoms with Crippen molar-refractivity contribution < 1.29 is 23.1 Å². The van der Waals surface area contributed by atoms with Gasteiger partial charge in [-0.15, -0.1) is 0 Å². The summed E-state index contributed by atoms with van der Waals surface area (Å²) in [5.41, 5.74) is 0.685. The summed E-state index contributed by atoms with van der Waals surface area (Å²) in [6, 6.07) is 17.3. The first-order chi connectivity index (χ1) is 12.9. The average molecular weight is 385 g/mol. The van der Waals surface area contributed by atoms with Crippen LogP contribution in [0.25, 0.3) is 10.8 Å². The predicted octanol–water partition coefficient (Wildman–Crippen LogP) is 2.61. The summed E-state index contributed by atoms with van der Waals surface area (Å²) in [5.74, 6) is -0.599. The summed E-state index contributed by atoms with van der Waals surface area (Å²) >= 11 is 0. The number of ether oxygens (including phenoxy) is 1. The smallest absolute Gasteiger partial charge is 0.324 e. The maximum atomic E-state index is 12.8. The quantitative estimate of drug-likeness (QED) is 0.637. The molecule has 0 saturated heterocycles. The molecule has 0 heterocycles. The van der Waals surface area contributed by atoms with Crippen molar-refractivity contribution in [1.29, 1.82) is 0 Å². The predicted molar refractivity (Wildman–Crippen MR) is 102 cm³/mol. The topological polar surface area (TPSA) is 92.7 Å². The number of esters is 1. The number of nitrogens with one attached hydrogen (secondary N) is 1. The molecule has 0 aliphatic heterocycles. The lowest BCUT2D eigenvalue weighted by atomic mass is 10.1. The van der Waals surface area contributed by atoms with Gasteiger partial charge in [-0.25, -0.2) is 8.42 Å². The Kier molecular flexibility index (Phi) is 5.43. The van der Waals surface area contributed by atoms with Gasteiger partial charge in [0.25, 0.3) is 0 Å². The third kappa shape index (κ3) is 4.45. The highest BCUT2D eigenvalue weighted by molar-refractivity contribution is 7.89. The minimum atomic E-state index is -3.93. The highest BCUT2D eigenvalue weighted by atomic mass is 32.2. The molecule has 140 valence electrons. The van der Waals surface area contributed by atoms with Crippen LogP contribution in [0.15, 0.2) is 71.6 Å². The molecule has 0 spiro atoms. The third-order valence-corrected chi connectivity index (χ3v) is 5.66. The van der Waals surface area contributed by atoms with Crippen molar-refractivity contribution in [3.8, 4) is 5.75 Å². The maximum absolute atomic E-state index is 12.8. The fourth-order valence-corrected chi connectivity index (χ4v) is 3.99. The molecule has 7 heteroatoms. The molecule has 0 bridgehead atoms. The van der Waals surface area contributed by atoms with Crippen molar-refractivity contribution in [2.75, 3.05) is 7.11 Å². The first-order valence-corrected chi connectivity index (χ1v) is 9.74. The fraction of sp³-hybridized carbons (Fsp3) is 0.150. The van der Waals surface area contributed by atoms with Crippen LogP contribution in [0.4, 0.5) is 0 Å². The van der Waals surface area contributed by atoms with E-state index in [0.717, 1.165) is 10.8 Å². The van der Waals surface area contributed by atoms with Crippen LogP contribution < -0.4 is 4.72 Å². The van der Waals surface area contributed by atoms with Gasteiger partial charge in [-0.2, -0.15) is 4.72 Å². The molecule has 2 N–H and O–H groups in total. The van der Waals surface area contributed by atoms with Crippen LogP contribution in [-0.2, 0) is 26.0 Å². The number of hydrogen-bond acceptors (Lipinski definition) is 5. The number of hydrogen-bond donors (Lipinski definition) is 2. The summed E-state index contributed by atoms with van der Waals surface area (Å²) in [4.78, 5) is 12.2. The van der Waals surface area contributed by atoms with Gasteiger partial charge in [0.05, 0.1) is 12.0 Å². The molecule has 6 nitrogen and oxygen atoms in total. The summed E-state index contributed by atoms with van der Waals surface area (Å²) in [6.07, 6.45) is 0.0970. The first-order valence-electron chi connectivity index (χ1n) is 8.26. The van der Waals surface area contributed by atoms with E-state index in [4.69, 9.17) is 4.74 Å². The van der Waals surface area contributed by atoms with Gasteiger partial charge in [0.15, 0.2) is 0 Å². The number of sulfonamides is 1. The maximum Gasteiger partial charge on any atom is 0.324 e. The highest BCUT2D eigenvalue weighted by Gasteiger charge is 2.27. The molecule has 0 saturated carbocycles. The lowest BCUT2D eigenvalue weighted by Crippen LogP contribution is -2.42. The zero-order valence-corrected chi connectivity index (χ0v) is 15.4. The monoisotopic (exact) mass is 385 g/mol. The van der Waals surface area contributed by atoms with Gasteiger partial charge in [-0.1, -0.05) is 42.5 Å². The molecule has 0 radical (unpaired) electrons. The third-order valence-electron chi connectivity index (χ3n) is 4.19. The van der Waals surface area contributed by atoms with E-state index in [1.165, 1.54) is 25.3 Å². The Morgan fingerprint density at radius 1 is 1.04 bits per heavy atom. The van der Waals surface area contributed by atoms with E-state index in [9.17, 15) is 18.3 Å². The number of benzene rings is 3. The van der Waals surface area contributed by atoms with Crippen LogP contribution in [0.1, 0.15) is 5.56 Å². The van der Waals surface area contributed by atoms with E-state index in [-0.39, 0.29) is 17.1 Å². The molecule has 0 aliphatic carbocycles. The molecule has 0 aliphatic rings. The number of rotatable bonds is 6. The van der Waals surface area contributed by atoms with E-state index >= 15 is 0 Å². The van der Waals surface area contributed by atoms with Gasteiger partial charge in [0.2, 0.25) is 10.0 Å². The van der Waals surface area contributed by atoms with Gasteiger partial charge in [0.1, 0.15) is 11.8 Å². The Morgan fingerprint density at radius 3 is 2.37 bits per heavy atom.